The van der Waals surface area contributed by atoms with E-state index in [0.29, 0.717) is 10.7 Å². The van der Waals surface area contributed by atoms with Crippen LogP contribution in [0.3, 0.4) is 0 Å². The first-order valence-corrected chi connectivity index (χ1v) is 4.68. The van der Waals surface area contributed by atoms with Crippen LogP contribution in [0.5, 0.6) is 0 Å². The van der Waals surface area contributed by atoms with Gasteiger partial charge in [0, 0.05) is 13.2 Å². The van der Waals surface area contributed by atoms with Crippen molar-refractivity contribution in [3.05, 3.63) is 23.0 Å². The molecule has 0 unspecified atom stereocenters. The zero-order valence-corrected chi connectivity index (χ0v) is 8.89. The number of aromatic nitrogens is 1. The molecule has 2 amide bonds. The van der Waals surface area contributed by atoms with E-state index in [9.17, 15) is 9.59 Å². The van der Waals surface area contributed by atoms with Gasteiger partial charge in [-0.1, -0.05) is 11.6 Å². The van der Waals surface area contributed by atoms with Crippen molar-refractivity contribution in [2.45, 2.75) is 0 Å². The Bertz CT molecular complexity index is 373. The molecule has 1 N–H and O–H groups in total. The van der Waals surface area contributed by atoms with Crippen LogP contribution in [-0.4, -0.2) is 22.3 Å². The lowest BCUT2D eigenvalue weighted by molar-refractivity contribution is -0.117. The van der Waals surface area contributed by atoms with Crippen LogP contribution in [0, 0.1) is 0 Å². The lowest BCUT2D eigenvalue weighted by Gasteiger charge is -2.02. The molecular weight excluding hydrogens is 227 g/mol. The minimum atomic E-state index is -0.533. The van der Waals surface area contributed by atoms with Crippen LogP contribution in [0.15, 0.2) is 12.3 Å². The number of nitrogens with one attached hydrogen (secondary N) is 1. The van der Waals surface area contributed by atoms with Crippen molar-refractivity contribution >= 4 is 35.0 Å². The third-order valence-electron chi connectivity index (χ3n) is 1.58. The molecule has 76 valence electrons. The first-order chi connectivity index (χ1) is 6.54. The summed E-state index contributed by atoms with van der Waals surface area (Å²) in [6.07, 6.45) is 1.57. The summed E-state index contributed by atoms with van der Waals surface area (Å²) in [5.74, 6) is -1.29. The quantitative estimate of drug-likeness (QED) is 0.782. The standard InChI is InChI=1S/C8H8Cl2N2O2/c1-12-4-5(10)2-6(12)8(14)11-7(13)3-9/h2,4H,3H2,1H3,(H,11,13,14). The highest BCUT2D eigenvalue weighted by atomic mass is 35.5. The van der Waals surface area contributed by atoms with E-state index in [4.69, 9.17) is 23.2 Å². The number of alkyl halides is 1. The van der Waals surface area contributed by atoms with E-state index in [1.54, 1.807) is 13.2 Å². The average molecular weight is 235 g/mol. The van der Waals surface area contributed by atoms with Crippen LogP contribution < -0.4 is 5.32 Å². The van der Waals surface area contributed by atoms with E-state index in [2.05, 4.69) is 5.32 Å². The average Bonchev–Trinajstić information content (AvgIpc) is 2.45. The van der Waals surface area contributed by atoms with Crippen molar-refractivity contribution in [2.75, 3.05) is 5.88 Å². The van der Waals surface area contributed by atoms with Gasteiger partial charge in [0.25, 0.3) is 5.91 Å². The Morgan fingerprint density at radius 3 is 2.64 bits per heavy atom. The predicted molar refractivity (Wildman–Crippen MR) is 53.6 cm³/mol. The Morgan fingerprint density at radius 1 is 1.57 bits per heavy atom. The fourth-order valence-electron chi connectivity index (χ4n) is 0.974. The maximum Gasteiger partial charge on any atom is 0.274 e. The van der Waals surface area contributed by atoms with Crippen molar-refractivity contribution in [3.8, 4) is 0 Å². The molecule has 0 fully saturated rings. The lowest BCUT2D eigenvalue weighted by Crippen LogP contribution is -2.32. The molecule has 1 heterocycles. The monoisotopic (exact) mass is 234 g/mol. The Hall–Kier alpha value is -1.000. The van der Waals surface area contributed by atoms with Gasteiger partial charge in [-0.25, -0.2) is 0 Å². The van der Waals surface area contributed by atoms with Crippen LogP contribution in [0.2, 0.25) is 5.02 Å². The van der Waals surface area contributed by atoms with Crippen LogP contribution in [0.1, 0.15) is 10.5 Å². The van der Waals surface area contributed by atoms with Gasteiger partial charge in [-0.3, -0.25) is 14.9 Å². The van der Waals surface area contributed by atoms with Gasteiger partial charge in [0.05, 0.1) is 5.02 Å². The fourth-order valence-corrected chi connectivity index (χ4v) is 1.29. The molecule has 1 aromatic rings. The van der Waals surface area contributed by atoms with Gasteiger partial charge >= 0.3 is 0 Å². The highest BCUT2D eigenvalue weighted by Crippen LogP contribution is 2.12. The molecule has 1 aromatic heterocycles. The Kier molecular flexibility index (Phi) is 3.55. The number of rotatable bonds is 2. The van der Waals surface area contributed by atoms with Crippen molar-refractivity contribution < 1.29 is 9.59 Å². The number of imide groups is 1. The second-order valence-corrected chi connectivity index (χ2v) is 3.37. The minimum absolute atomic E-state index is 0.246. The molecular formula is C8H8Cl2N2O2. The number of halogens is 2. The van der Waals surface area contributed by atoms with Crippen LogP contribution >= 0.6 is 23.2 Å². The molecule has 0 spiro atoms. The van der Waals surface area contributed by atoms with E-state index >= 15 is 0 Å². The SMILES string of the molecule is Cn1cc(Cl)cc1C(=O)NC(=O)CCl. The largest absolute Gasteiger partial charge is 0.345 e. The van der Waals surface area contributed by atoms with E-state index in [-0.39, 0.29) is 5.88 Å². The molecule has 0 aromatic carbocycles. The normalized spacial score (nSPS) is 9.93. The van der Waals surface area contributed by atoms with Gasteiger partial charge < -0.3 is 4.57 Å². The van der Waals surface area contributed by atoms with Gasteiger partial charge in [0.15, 0.2) is 0 Å². The van der Waals surface area contributed by atoms with Crippen LogP contribution in [0.25, 0.3) is 0 Å². The predicted octanol–water partition coefficient (Wildman–Crippen LogP) is 1.17. The molecule has 0 aliphatic carbocycles. The summed E-state index contributed by atoms with van der Waals surface area (Å²) < 4.78 is 1.53. The summed E-state index contributed by atoms with van der Waals surface area (Å²) in [7, 11) is 1.66. The zero-order chi connectivity index (χ0) is 10.7. The molecule has 14 heavy (non-hydrogen) atoms. The summed E-state index contributed by atoms with van der Waals surface area (Å²) in [6.45, 7) is 0. The lowest BCUT2D eigenvalue weighted by atomic mass is 10.4. The topological polar surface area (TPSA) is 51.1 Å². The molecule has 0 aliphatic rings. The van der Waals surface area contributed by atoms with Crippen molar-refractivity contribution in [1.29, 1.82) is 0 Å². The molecule has 0 saturated carbocycles. The molecule has 0 bridgehead atoms. The number of amides is 2. The Morgan fingerprint density at radius 2 is 2.21 bits per heavy atom. The molecule has 0 atom stereocenters. The molecule has 1 rings (SSSR count). The summed E-state index contributed by atoms with van der Waals surface area (Å²) in [6, 6.07) is 1.47. The number of hydrogen-bond donors (Lipinski definition) is 1. The highest BCUT2D eigenvalue weighted by molar-refractivity contribution is 6.31. The summed E-state index contributed by atoms with van der Waals surface area (Å²) in [5.41, 5.74) is 0.313. The van der Waals surface area contributed by atoms with Gasteiger partial charge in [-0.15, -0.1) is 11.6 Å². The van der Waals surface area contributed by atoms with Crippen molar-refractivity contribution in [1.82, 2.24) is 9.88 Å². The molecule has 0 aliphatic heterocycles. The number of aryl methyl sites for hydroxylation is 1. The molecule has 0 saturated heterocycles. The van der Waals surface area contributed by atoms with Crippen LogP contribution in [-0.2, 0) is 11.8 Å². The number of hydrogen-bond acceptors (Lipinski definition) is 2. The summed E-state index contributed by atoms with van der Waals surface area (Å²) in [4.78, 5) is 22.2. The van der Waals surface area contributed by atoms with Crippen molar-refractivity contribution in [3.63, 3.8) is 0 Å². The van der Waals surface area contributed by atoms with Gasteiger partial charge in [0.1, 0.15) is 11.6 Å². The number of carbonyl (C=O) groups is 2. The van der Waals surface area contributed by atoms with Gasteiger partial charge in [-0.2, -0.15) is 0 Å². The van der Waals surface area contributed by atoms with Gasteiger partial charge in [0.2, 0.25) is 5.91 Å². The number of carbonyl (C=O) groups excluding carboxylic acids is 2. The zero-order valence-electron chi connectivity index (χ0n) is 7.38. The fraction of sp³-hybridized carbons (Fsp3) is 0.250. The second kappa shape index (κ2) is 4.48. The van der Waals surface area contributed by atoms with E-state index in [1.807, 2.05) is 0 Å². The Balaban J connectivity index is 2.79. The van der Waals surface area contributed by atoms with Crippen molar-refractivity contribution in [2.24, 2.45) is 7.05 Å². The maximum atomic E-state index is 11.4. The van der Waals surface area contributed by atoms with Crippen LogP contribution in [0.4, 0.5) is 0 Å². The Labute approximate surface area is 90.8 Å². The van der Waals surface area contributed by atoms with E-state index < -0.39 is 11.8 Å². The number of nitrogens with zero attached hydrogens (tertiary/aromatic N) is 1. The second-order valence-electron chi connectivity index (χ2n) is 2.67. The van der Waals surface area contributed by atoms with Gasteiger partial charge in [-0.05, 0) is 6.07 Å². The minimum Gasteiger partial charge on any atom is -0.345 e. The van der Waals surface area contributed by atoms with E-state index in [0.717, 1.165) is 0 Å². The first-order valence-electron chi connectivity index (χ1n) is 3.76. The maximum absolute atomic E-state index is 11.4. The molecule has 0 radical (unpaired) electrons. The van der Waals surface area contributed by atoms with E-state index in [1.165, 1.54) is 10.6 Å². The molecule has 4 nitrogen and oxygen atoms in total. The molecule has 6 heteroatoms. The first kappa shape index (κ1) is 11.1. The summed E-state index contributed by atoms with van der Waals surface area (Å²) >= 11 is 10.9. The highest BCUT2D eigenvalue weighted by Gasteiger charge is 2.13. The third kappa shape index (κ3) is 2.49. The third-order valence-corrected chi connectivity index (χ3v) is 2.03. The summed E-state index contributed by atoms with van der Waals surface area (Å²) in [5, 5.41) is 2.55. The smallest absolute Gasteiger partial charge is 0.274 e.